The fourth-order valence-corrected chi connectivity index (χ4v) is 4.06. The van der Waals surface area contributed by atoms with Gasteiger partial charge in [-0.15, -0.1) is 10.2 Å². The van der Waals surface area contributed by atoms with Gasteiger partial charge in [-0.2, -0.15) is 4.80 Å². The van der Waals surface area contributed by atoms with Gasteiger partial charge in [-0.1, -0.05) is 19.9 Å². The van der Waals surface area contributed by atoms with Crippen molar-refractivity contribution in [1.29, 1.82) is 0 Å². The van der Waals surface area contributed by atoms with Gasteiger partial charge < -0.3 is 24.1 Å². The molecule has 0 saturated heterocycles. The Labute approximate surface area is 216 Å². The number of nitrogens with zero attached hydrogens (tertiary/aromatic N) is 5. The molecule has 11 heteroatoms. The second-order valence-electron chi connectivity index (χ2n) is 10.6. The second kappa shape index (κ2) is 10.6. The van der Waals surface area contributed by atoms with Crippen LogP contribution in [0.25, 0.3) is 11.6 Å². The topological polar surface area (TPSA) is 125 Å². The molecule has 1 atom stereocenters. The molecule has 0 saturated carbocycles. The number of rotatable bonds is 9. The predicted octanol–water partition coefficient (Wildman–Crippen LogP) is 3.33. The first-order chi connectivity index (χ1) is 17.5. The largest absolute Gasteiger partial charge is 0.458 e. The Morgan fingerprint density at radius 3 is 2.57 bits per heavy atom. The molecule has 11 nitrogen and oxygen atoms in total. The first-order valence-electron chi connectivity index (χ1n) is 12.3. The van der Waals surface area contributed by atoms with Crippen molar-refractivity contribution in [3.8, 4) is 23.1 Å². The van der Waals surface area contributed by atoms with Crippen molar-refractivity contribution in [2.75, 3.05) is 6.79 Å². The summed E-state index contributed by atoms with van der Waals surface area (Å²) >= 11 is 0. The van der Waals surface area contributed by atoms with E-state index in [0.717, 1.165) is 11.3 Å². The minimum absolute atomic E-state index is 0.154. The molecule has 1 N–H and O–H groups in total. The Bertz CT molecular complexity index is 1260. The van der Waals surface area contributed by atoms with Gasteiger partial charge in [0.1, 0.15) is 18.3 Å². The standard InChI is InChI=1S/C26H34N6O5/c1-16(2)11-19(25(34)27-26(4,5)6)31(13-18-8-10-20-22(12-18)36-15-35-20)23(33)14-32-29-24(28-30-32)21-9-7-17(3)37-21/h7-10,12,16,19H,11,13-15H2,1-6H3,(H,27,34). The molecule has 2 amide bonds. The highest BCUT2D eigenvalue weighted by atomic mass is 16.7. The number of furan rings is 1. The number of benzene rings is 1. The molecule has 0 radical (unpaired) electrons. The lowest BCUT2D eigenvalue weighted by atomic mass is 9.99. The highest BCUT2D eigenvalue weighted by molar-refractivity contribution is 5.88. The summed E-state index contributed by atoms with van der Waals surface area (Å²) in [6.07, 6.45) is 0.486. The van der Waals surface area contributed by atoms with Crippen molar-refractivity contribution in [3.63, 3.8) is 0 Å². The van der Waals surface area contributed by atoms with Crippen LogP contribution in [0.1, 0.15) is 52.4 Å². The van der Waals surface area contributed by atoms with Crippen LogP contribution in [-0.4, -0.2) is 55.3 Å². The van der Waals surface area contributed by atoms with E-state index in [0.29, 0.717) is 23.7 Å². The molecular weight excluding hydrogens is 476 g/mol. The zero-order chi connectivity index (χ0) is 26.7. The summed E-state index contributed by atoms with van der Waals surface area (Å²) in [5.41, 5.74) is 0.358. The van der Waals surface area contributed by atoms with Crippen molar-refractivity contribution >= 4 is 11.8 Å². The van der Waals surface area contributed by atoms with Gasteiger partial charge in [0.15, 0.2) is 17.3 Å². The number of carbonyl (C=O) groups is 2. The van der Waals surface area contributed by atoms with Gasteiger partial charge in [-0.3, -0.25) is 9.59 Å². The number of nitrogens with one attached hydrogen (secondary N) is 1. The van der Waals surface area contributed by atoms with Crippen LogP contribution >= 0.6 is 0 Å². The third-order valence-electron chi connectivity index (χ3n) is 5.67. The summed E-state index contributed by atoms with van der Waals surface area (Å²) in [7, 11) is 0. The summed E-state index contributed by atoms with van der Waals surface area (Å²) in [4.78, 5) is 30.0. The van der Waals surface area contributed by atoms with Crippen LogP contribution in [0.2, 0.25) is 0 Å². The lowest BCUT2D eigenvalue weighted by molar-refractivity contribution is -0.143. The van der Waals surface area contributed by atoms with E-state index in [9.17, 15) is 9.59 Å². The van der Waals surface area contributed by atoms with Crippen molar-refractivity contribution in [2.24, 2.45) is 5.92 Å². The maximum atomic E-state index is 13.7. The summed E-state index contributed by atoms with van der Waals surface area (Å²) in [6.45, 7) is 11.8. The van der Waals surface area contributed by atoms with Crippen LogP contribution in [0.5, 0.6) is 11.5 Å². The number of hydrogen-bond acceptors (Lipinski definition) is 8. The minimum Gasteiger partial charge on any atom is -0.458 e. The number of aryl methyl sites for hydroxylation is 1. The van der Waals surface area contributed by atoms with E-state index < -0.39 is 11.6 Å². The smallest absolute Gasteiger partial charge is 0.247 e. The lowest BCUT2D eigenvalue weighted by Crippen LogP contribution is -2.54. The number of amides is 2. The maximum Gasteiger partial charge on any atom is 0.247 e. The molecule has 4 rings (SSSR count). The van der Waals surface area contributed by atoms with Crippen molar-refractivity contribution < 1.29 is 23.5 Å². The second-order valence-corrected chi connectivity index (χ2v) is 10.6. The SMILES string of the molecule is Cc1ccc(-c2nnn(CC(=O)N(Cc3ccc4c(c3)OCO4)C(CC(C)C)C(=O)NC(C)(C)C)n2)o1. The molecule has 0 bridgehead atoms. The number of carbonyl (C=O) groups excluding carboxylic acids is 2. The van der Waals surface area contributed by atoms with Gasteiger partial charge in [0.25, 0.3) is 0 Å². The van der Waals surface area contributed by atoms with Crippen molar-refractivity contribution in [1.82, 2.24) is 30.4 Å². The van der Waals surface area contributed by atoms with Gasteiger partial charge in [0, 0.05) is 12.1 Å². The lowest BCUT2D eigenvalue weighted by Gasteiger charge is -2.34. The molecule has 198 valence electrons. The highest BCUT2D eigenvalue weighted by Gasteiger charge is 2.33. The number of ether oxygens (including phenoxy) is 2. The monoisotopic (exact) mass is 510 g/mol. The van der Waals surface area contributed by atoms with Crippen molar-refractivity contribution in [3.05, 3.63) is 41.7 Å². The molecule has 0 spiro atoms. The van der Waals surface area contributed by atoms with Crippen LogP contribution in [0.4, 0.5) is 0 Å². The predicted molar refractivity (Wildman–Crippen MR) is 135 cm³/mol. The molecule has 0 fully saturated rings. The molecule has 0 aliphatic carbocycles. The van der Waals surface area contributed by atoms with Crippen LogP contribution < -0.4 is 14.8 Å². The minimum atomic E-state index is -0.701. The van der Waals surface area contributed by atoms with E-state index in [1.165, 1.54) is 4.80 Å². The average molecular weight is 511 g/mol. The molecule has 1 aliphatic heterocycles. The molecule has 1 aliphatic rings. The Balaban J connectivity index is 1.62. The Kier molecular flexibility index (Phi) is 7.51. The van der Waals surface area contributed by atoms with Crippen LogP contribution in [0, 0.1) is 12.8 Å². The van der Waals surface area contributed by atoms with Gasteiger partial charge in [0.05, 0.1) is 0 Å². The maximum absolute atomic E-state index is 13.7. The number of fused-ring (bicyclic) bond motifs is 1. The number of aromatic nitrogens is 4. The van der Waals surface area contributed by atoms with E-state index in [4.69, 9.17) is 13.9 Å². The van der Waals surface area contributed by atoms with Gasteiger partial charge >= 0.3 is 0 Å². The highest BCUT2D eigenvalue weighted by Crippen LogP contribution is 2.33. The first kappa shape index (κ1) is 26.2. The van der Waals surface area contributed by atoms with Crippen molar-refractivity contribution in [2.45, 2.75) is 72.6 Å². The van der Waals surface area contributed by atoms with Crippen LogP contribution in [0.15, 0.2) is 34.7 Å². The number of tetrazole rings is 1. The third kappa shape index (κ3) is 6.66. The summed E-state index contributed by atoms with van der Waals surface area (Å²) in [6, 6.07) is 8.37. The average Bonchev–Trinajstić information content (AvgIpc) is 3.55. The Hall–Kier alpha value is -3.89. The first-order valence-corrected chi connectivity index (χ1v) is 12.3. The van der Waals surface area contributed by atoms with E-state index in [2.05, 4.69) is 20.7 Å². The molecule has 3 heterocycles. The third-order valence-corrected chi connectivity index (χ3v) is 5.67. The van der Waals surface area contributed by atoms with E-state index in [1.807, 2.05) is 59.7 Å². The molecule has 1 unspecified atom stereocenters. The van der Waals surface area contributed by atoms with Gasteiger partial charge in [0.2, 0.25) is 24.4 Å². The Morgan fingerprint density at radius 1 is 1.14 bits per heavy atom. The normalized spacial score (nSPS) is 13.6. The van der Waals surface area contributed by atoms with E-state index in [-0.39, 0.29) is 43.4 Å². The van der Waals surface area contributed by atoms with Crippen LogP contribution in [0.3, 0.4) is 0 Å². The Morgan fingerprint density at radius 2 is 1.89 bits per heavy atom. The quantitative estimate of drug-likeness (QED) is 0.465. The molecular formula is C26H34N6O5. The summed E-state index contributed by atoms with van der Waals surface area (Å²) < 4.78 is 16.5. The van der Waals surface area contributed by atoms with E-state index in [1.54, 1.807) is 17.0 Å². The molecule has 37 heavy (non-hydrogen) atoms. The fourth-order valence-electron chi connectivity index (χ4n) is 4.06. The molecule has 3 aromatic rings. The van der Waals surface area contributed by atoms with Gasteiger partial charge in [-0.25, -0.2) is 0 Å². The molecule has 1 aromatic carbocycles. The van der Waals surface area contributed by atoms with Gasteiger partial charge in [-0.05, 0) is 75.1 Å². The van der Waals surface area contributed by atoms with E-state index >= 15 is 0 Å². The zero-order valence-electron chi connectivity index (χ0n) is 22.1. The zero-order valence-corrected chi connectivity index (χ0v) is 22.1. The fraction of sp³-hybridized carbons (Fsp3) is 0.500. The summed E-state index contributed by atoms with van der Waals surface area (Å²) in [5, 5.41) is 15.4. The van der Waals surface area contributed by atoms with Crippen LogP contribution in [-0.2, 0) is 22.7 Å². The summed E-state index contributed by atoms with van der Waals surface area (Å²) in [5.74, 6) is 2.38. The number of hydrogen-bond donors (Lipinski definition) is 1. The molecule has 2 aromatic heterocycles.